The van der Waals surface area contributed by atoms with Gasteiger partial charge in [0, 0.05) is 17.8 Å². The molecule has 0 radical (unpaired) electrons. The number of halogens is 3. The van der Waals surface area contributed by atoms with Gasteiger partial charge in [-0.15, -0.1) is 0 Å². The van der Waals surface area contributed by atoms with Crippen LogP contribution in [0.2, 0.25) is 10.0 Å². The molecule has 2 heterocycles. The minimum Gasteiger partial charge on any atom is -0.493 e. The quantitative estimate of drug-likeness (QED) is 0.432. The first-order valence-corrected chi connectivity index (χ1v) is 9.14. The Labute approximate surface area is 166 Å². The summed E-state index contributed by atoms with van der Waals surface area (Å²) in [6, 6.07) is 4.66. The van der Waals surface area contributed by atoms with Crippen molar-refractivity contribution in [3.05, 3.63) is 52.0 Å². The van der Waals surface area contributed by atoms with Crippen molar-refractivity contribution in [2.45, 2.75) is 0 Å². The normalized spacial score (nSPS) is 10.8. The number of hydrogen-bond donors (Lipinski definition) is 1. The molecule has 26 heavy (non-hydrogen) atoms. The molecular formula is C17H11BrCl2N2O4. The summed E-state index contributed by atoms with van der Waals surface area (Å²) >= 11 is 15.2. The maximum Gasteiger partial charge on any atom is 0.256 e. The standard InChI is InChI=1S/C17H11BrCl2N2O4/c1-25-13-3-2-8(9-4-14(12(23)5-18)26-16(9)13)17(24)22-15-10(19)6-21-7-11(15)20/h2-4,6-7H,5H2,1H3,(H,21,22,24). The van der Waals surface area contributed by atoms with Gasteiger partial charge >= 0.3 is 0 Å². The van der Waals surface area contributed by atoms with Crippen molar-refractivity contribution in [1.82, 2.24) is 4.98 Å². The highest BCUT2D eigenvalue weighted by molar-refractivity contribution is 9.09. The van der Waals surface area contributed by atoms with Gasteiger partial charge in [-0.1, -0.05) is 39.1 Å². The molecule has 1 aromatic carbocycles. The van der Waals surface area contributed by atoms with Crippen LogP contribution in [0.25, 0.3) is 11.0 Å². The van der Waals surface area contributed by atoms with Crippen LogP contribution >= 0.6 is 39.1 Å². The summed E-state index contributed by atoms with van der Waals surface area (Å²) < 4.78 is 10.8. The molecule has 1 amide bonds. The van der Waals surface area contributed by atoms with E-state index in [1.165, 1.54) is 25.6 Å². The fourth-order valence-electron chi connectivity index (χ4n) is 2.37. The summed E-state index contributed by atoms with van der Waals surface area (Å²) in [5.41, 5.74) is 0.830. The second kappa shape index (κ2) is 7.65. The number of anilines is 1. The second-order valence-electron chi connectivity index (χ2n) is 5.16. The lowest BCUT2D eigenvalue weighted by atomic mass is 10.1. The van der Waals surface area contributed by atoms with E-state index in [0.717, 1.165) is 0 Å². The summed E-state index contributed by atoms with van der Waals surface area (Å²) in [6.45, 7) is 0. The number of aromatic nitrogens is 1. The van der Waals surface area contributed by atoms with E-state index in [1.54, 1.807) is 12.1 Å². The number of benzene rings is 1. The molecule has 0 bridgehead atoms. The third-order valence-electron chi connectivity index (χ3n) is 3.60. The molecule has 0 fully saturated rings. The Morgan fingerprint density at radius 2 is 1.96 bits per heavy atom. The SMILES string of the molecule is COc1ccc(C(=O)Nc2c(Cl)cncc2Cl)c2cc(C(=O)CBr)oc12. The van der Waals surface area contributed by atoms with E-state index < -0.39 is 5.91 Å². The van der Waals surface area contributed by atoms with Gasteiger partial charge in [0.2, 0.25) is 5.78 Å². The number of amides is 1. The predicted octanol–water partition coefficient (Wildman–Crippen LogP) is 4.97. The van der Waals surface area contributed by atoms with Crippen LogP contribution in [0.15, 0.2) is 35.0 Å². The van der Waals surface area contributed by atoms with E-state index in [9.17, 15) is 9.59 Å². The van der Waals surface area contributed by atoms with Crippen LogP contribution in [-0.4, -0.2) is 29.1 Å². The molecule has 0 saturated heterocycles. The first kappa shape index (κ1) is 18.7. The number of fused-ring (bicyclic) bond motifs is 1. The number of carbonyl (C=O) groups is 2. The zero-order valence-electron chi connectivity index (χ0n) is 13.3. The van der Waals surface area contributed by atoms with Crippen molar-refractivity contribution in [1.29, 1.82) is 0 Å². The molecule has 9 heteroatoms. The topological polar surface area (TPSA) is 81.4 Å². The number of carbonyl (C=O) groups excluding carboxylic acids is 2. The first-order valence-electron chi connectivity index (χ1n) is 7.26. The van der Waals surface area contributed by atoms with Crippen molar-refractivity contribution < 1.29 is 18.7 Å². The van der Waals surface area contributed by atoms with E-state index in [0.29, 0.717) is 16.7 Å². The van der Waals surface area contributed by atoms with Gasteiger partial charge in [-0.3, -0.25) is 14.6 Å². The van der Waals surface area contributed by atoms with Crippen LogP contribution < -0.4 is 10.1 Å². The average molecular weight is 458 g/mol. The summed E-state index contributed by atoms with van der Waals surface area (Å²) in [7, 11) is 1.47. The number of methoxy groups -OCH3 is 1. The Morgan fingerprint density at radius 3 is 2.58 bits per heavy atom. The molecule has 134 valence electrons. The molecular weight excluding hydrogens is 447 g/mol. The number of ketones is 1. The Kier molecular flexibility index (Phi) is 5.50. The molecule has 3 rings (SSSR count). The number of Topliss-reactive ketones (excluding diaryl/α,β-unsaturated/α-hetero) is 1. The van der Waals surface area contributed by atoms with Gasteiger partial charge in [-0.05, 0) is 18.2 Å². The molecule has 0 aliphatic heterocycles. The molecule has 0 atom stereocenters. The van der Waals surface area contributed by atoms with Gasteiger partial charge in [-0.25, -0.2) is 0 Å². The van der Waals surface area contributed by atoms with Crippen molar-refractivity contribution in [3.63, 3.8) is 0 Å². The van der Waals surface area contributed by atoms with Gasteiger partial charge in [0.05, 0.1) is 33.7 Å². The van der Waals surface area contributed by atoms with Gasteiger partial charge in [-0.2, -0.15) is 0 Å². The van der Waals surface area contributed by atoms with Crippen LogP contribution in [0.5, 0.6) is 5.75 Å². The number of nitrogens with one attached hydrogen (secondary N) is 1. The Hall–Kier alpha value is -2.09. The molecule has 0 aliphatic rings. The fraction of sp³-hybridized carbons (Fsp3) is 0.118. The van der Waals surface area contributed by atoms with E-state index in [-0.39, 0.29) is 38.2 Å². The van der Waals surface area contributed by atoms with E-state index in [2.05, 4.69) is 26.2 Å². The van der Waals surface area contributed by atoms with E-state index in [1.807, 2.05) is 0 Å². The number of alkyl halides is 1. The smallest absolute Gasteiger partial charge is 0.256 e. The number of rotatable bonds is 5. The highest BCUT2D eigenvalue weighted by atomic mass is 79.9. The van der Waals surface area contributed by atoms with Crippen molar-refractivity contribution in [2.75, 3.05) is 17.8 Å². The second-order valence-corrected chi connectivity index (χ2v) is 6.53. The highest BCUT2D eigenvalue weighted by Gasteiger charge is 2.21. The maximum absolute atomic E-state index is 12.8. The first-order chi connectivity index (χ1) is 12.5. The monoisotopic (exact) mass is 456 g/mol. The zero-order valence-corrected chi connectivity index (χ0v) is 16.4. The number of nitrogens with zero attached hydrogens (tertiary/aromatic N) is 1. The lowest BCUT2D eigenvalue weighted by Gasteiger charge is -2.10. The summed E-state index contributed by atoms with van der Waals surface area (Å²) in [4.78, 5) is 28.5. The van der Waals surface area contributed by atoms with Gasteiger partial charge in [0.25, 0.3) is 5.91 Å². The predicted molar refractivity (Wildman–Crippen MR) is 103 cm³/mol. The van der Waals surface area contributed by atoms with Crippen molar-refractivity contribution >= 4 is 67.5 Å². The van der Waals surface area contributed by atoms with Crippen LogP contribution in [0, 0.1) is 0 Å². The number of furan rings is 1. The van der Waals surface area contributed by atoms with Crippen LogP contribution in [0.1, 0.15) is 20.9 Å². The molecule has 6 nitrogen and oxygen atoms in total. The Balaban J connectivity index is 2.08. The zero-order chi connectivity index (χ0) is 18.8. The largest absolute Gasteiger partial charge is 0.493 e. The highest BCUT2D eigenvalue weighted by Crippen LogP contribution is 2.34. The third kappa shape index (κ3) is 3.42. The Morgan fingerprint density at radius 1 is 1.27 bits per heavy atom. The number of pyridine rings is 1. The van der Waals surface area contributed by atoms with Gasteiger partial charge < -0.3 is 14.5 Å². The van der Waals surface area contributed by atoms with E-state index >= 15 is 0 Å². The molecule has 3 aromatic rings. The van der Waals surface area contributed by atoms with E-state index in [4.69, 9.17) is 32.4 Å². The summed E-state index contributed by atoms with van der Waals surface area (Å²) in [5.74, 6) is -0.193. The van der Waals surface area contributed by atoms with Crippen LogP contribution in [0.3, 0.4) is 0 Å². The maximum atomic E-state index is 12.8. The molecule has 0 aliphatic carbocycles. The van der Waals surface area contributed by atoms with Gasteiger partial charge in [0.15, 0.2) is 17.1 Å². The molecule has 0 unspecified atom stereocenters. The molecule has 0 spiro atoms. The molecule has 1 N–H and O–H groups in total. The van der Waals surface area contributed by atoms with Crippen molar-refractivity contribution in [2.24, 2.45) is 0 Å². The number of ether oxygens (including phenoxy) is 1. The lowest BCUT2D eigenvalue weighted by molar-refractivity contribution is 0.0993. The van der Waals surface area contributed by atoms with Crippen molar-refractivity contribution in [3.8, 4) is 5.75 Å². The Bertz CT molecular complexity index is 999. The third-order valence-corrected chi connectivity index (χ3v) is 4.68. The van der Waals surface area contributed by atoms with Crippen LogP contribution in [-0.2, 0) is 0 Å². The summed E-state index contributed by atoms with van der Waals surface area (Å²) in [5, 5.41) is 3.60. The minimum absolute atomic E-state index is 0.0961. The van der Waals surface area contributed by atoms with Gasteiger partial charge in [0.1, 0.15) is 0 Å². The number of hydrogen-bond acceptors (Lipinski definition) is 5. The molecule has 0 saturated carbocycles. The van der Waals surface area contributed by atoms with Crippen LogP contribution in [0.4, 0.5) is 5.69 Å². The minimum atomic E-state index is -0.466. The summed E-state index contributed by atoms with van der Waals surface area (Å²) in [6.07, 6.45) is 2.74. The fourth-order valence-corrected chi connectivity index (χ4v) is 3.11. The molecule has 2 aromatic heterocycles. The average Bonchev–Trinajstić information content (AvgIpc) is 3.08. The lowest BCUT2D eigenvalue weighted by Crippen LogP contribution is -2.13.